The van der Waals surface area contributed by atoms with Gasteiger partial charge in [-0.15, -0.1) is 11.3 Å². The molecule has 0 spiro atoms. The Hall–Kier alpha value is -0.550. The number of thiazole rings is 1. The summed E-state index contributed by atoms with van der Waals surface area (Å²) in [6, 6.07) is 0.259. The molecule has 0 aromatic carbocycles. The maximum atomic E-state index is 4.61. The monoisotopic (exact) mass is 297 g/mol. The van der Waals surface area contributed by atoms with E-state index in [1.165, 1.54) is 11.3 Å². The van der Waals surface area contributed by atoms with Crippen LogP contribution in [0.25, 0.3) is 0 Å². The number of hydrogen-bond acceptors (Lipinski definition) is 5. The molecule has 0 fully saturated rings. The predicted octanol–water partition coefficient (Wildman–Crippen LogP) is 3.87. The van der Waals surface area contributed by atoms with E-state index in [4.69, 9.17) is 0 Å². The lowest BCUT2D eigenvalue weighted by Crippen LogP contribution is -2.23. The number of nitrogens with zero attached hydrogens (tertiary/aromatic N) is 2. The second-order valence-corrected chi connectivity index (χ2v) is 7.84. The van der Waals surface area contributed by atoms with E-state index in [0.29, 0.717) is 5.25 Å². The van der Waals surface area contributed by atoms with Gasteiger partial charge in [0.05, 0.1) is 12.6 Å². The first-order valence-corrected chi connectivity index (χ1v) is 8.70. The molecule has 0 aliphatic carbocycles. The fourth-order valence-electron chi connectivity index (χ4n) is 2.08. The van der Waals surface area contributed by atoms with E-state index in [9.17, 15) is 0 Å². The van der Waals surface area contributed by atoms with E-state index < -0.39 is 0 Å². The first-order chi connectivity index (χ1) is 9.08. The van der Waals surface area contributed by atoms with Crippen molar-refractivity contribution in [2.45, 2.75) is 51.8 Å². The Labute approximate surface area is 124 Å². The Morgan fingerprint density at radius 2 is 2.21 bits per heavy atom. The maximum Gasteiger partial charge on any atom is 0.157 e. The number of hydrogen-bond donors (Lipinski definition) is 1. The molecule has 1 aromatic rings. The van der Waals surface area contributed by atoms with E-state index in [1.807, 2.05) is 18.0 Å². The van der Waals surface area contributed by atoms with Gasteiger partial charge in [0.25, 0.3) is 0 Å². The van der Waals surface area contributed by atoms with E-state index in [-0.39, 0.29) is 6.04 Å². The van der Waals surface area contributed by atoms with E-state index >= 15 is 0 Å². The van der Waals surface area contributed by atoms with Crippen LogP contribution in [0.15, 0.2) is 11.2 Å². The Balaban J connectivity index is 1.85. The summed E-state index contributed by atoms with van der Waals surface area (Å²) < 4.78 is 0. The predicted molar refractivity (Wildman–Crippen MR) is 86.2 cm³/mol. The maximum absolute atomic E-state index is 4.61. The number of thioether (sulfide) groups is 1. The second-order valence-electron chi connectivity index (χ2n) is 5.40. The molecule has 5 heteroatoms. The van der Waals surface area contributed by atoms with Gasteiger partial charge in [0.2, 0.25) is 0 Å². The van der Waals surface area contributed by atoms with Crippen molar-refractivity contribution in [3.63, 3.8) is 0 Å². The highest BCUT2D eigenvalue weighted by atomic mass is 32.2. The average molecular weight is 297 g/mol. The molecule has 1 aromatic heterocycles. The lowest BCUT2D eigenvalue weighted by Gasteiger charge is -2.14. The van der Waals surface area contributed by atoms with Gasteiger partial charge in [0.1, 0.15) is 5.01 Å². The van der Waals surface area contributed by atoms with Crippen molar-refractivity contribution in [1.29, 1.82) is 0 Å². The molecule has 3 nitrogen and oxygen atoms in total. The van der Waals surface area contributed by atoms with Crippen molar-refractivity contribution in [3.05, 3.63) is 16.1 Å². The summed E-state index contributed by atoms with van der Waals surface area (Å²) in [6.45, 7) is 9.84. The quantitative estimate of drug-likeness (QED) is 0.896. The molecule has 2 unspecified atom stereocenters. The topological polar surface area (TPSA) is 37.3 Å². The molecule has 1 aliphatic heterocycles. The van der Waals surface area contributed by atoms with Crippen LogP contribution >= 0.6 is 23.1 Å². The first kappa shape index (κ1) is 14.9. The van der Waals surface area contributed by atoms with Gasteiger partial charge in [-0.1, -0.05) is 32.5 Å². The smallest absolute Gasteiger partial charge is 0.157 e. The summed E-state index contributed by atoms with van der Waals surface area (Å²) in [6.07, 6.45) is 4.30. The zero-order valence-corrected chi connectivity index (χ0v) is 13.8. The zero-order chi connectivity index (χ0) is 13.8. The molecule has 1 N–H and O–H groups in total. The lowest BCUT2D eigenvalue weighted by molar-refractivity contribution is 0.575. The summed E-state index contributed by atoms with van der Waals surface area (Å²) in [5, 5.41) is 6.40. The van der Waals surface area contributed by atoms with Crippen LogP contribution in [0.3, 0.4) is 0 Å². The number of aromatic nitrogens is 1. The van der Waals surface area contributed by atoms with Gasteiger partial charge in [-0.05, 0) is 25.7 Å². The van der Waals surface area contributed by atoms with Crippen LogP contribution in [0.1, 0.15) is 50.0 Å². The number of rotatable bonds is 5. The Kier molecular flexibility index (Phi) is 5.28. The molecular formula is C14H23N3S2. The zero-order valence-electron chi connectivity index (χ0n) is 12.1. The van der Waals surface area contributed by atoms with Gasteiger partial charge in [-0.25, -0.2) is 4.98 Å². The average Bonchev–Trinajstić information content (AvgIpc) is 2.97. The van der Waals surface area contributed by atoms with Crippen molar-refractivity contribution >= 4 is 28.3 Å². The minimum absolute atomic E-state index is 0.259. The SMILES string of the molecule is CCc1cnc(C(C)NC2=NCC(CC(C)C)S2)s1. The Bertz CT molecular complexity index is 440. The summed E-state index contributed by atoms with van der Waals surface area (Å²) in [5.41, 5.74) is 0. The number of nitrogens with one attached hydrogen (secondary N) is 1. The van der Waals surface area contributed by atoms with Crippen molar-refractivity contribution in [2.24, 2.45) is 10.9 Å². The van der Waals surface area contributed by atoms with Crippen LogP contribution in [-0.2, 0) is 6.42 Å². The van der Waals surface area contributed by atoms with Gasteiger partial charge in [-0.3, -0.25) is 4.99 Å². The highest BCUT2D eigenvalue weighted by Crippen LogP contribution is 2.28. The van der Waals surface area contributed by atoms with Gasteiger partial charge in [0, 0.05) is 16.3 Å². The third-order valence-corrected chi connectivity index (χ3v) is 5.55. The Morgan fingerprint density at radius 1 is 1.42 bits per heavy atom. The number of amidine groups is 1. The van der Waals surface area contributed by atoms with Crippen LogP contribution < -0.4 is 5.32 Å². The summed E-state index contributed by atoms with van der Waals surface area (Å²) >= 11 is 3.69. The molecule has 2 heterocycles. The highest BCUT2D eigenvalue weighted by Gasteiger charge is 2.22. The summed E-state index contributed by atoms with van der Waals surface area (Å²) in [7, 11) is 0. The normalized spacial score (nSPS) is 20.7. The standard InChI is InChI=1S/C14H23N3S2/c1-5-11-7-15-13(18-11)10(4)17-14-16-8-12(19-14)6-9(2)3/h7,9-10,12H,5-6,8H2,1-4H3,(H,16,17). The van der Waals surface area contributed by atoms with E-state index in [1.54, 1.807) is 11.3 Å². The highest BCUT2D eigenvalue weighted by molar-refractivity contribution is 8.14. The fraction of sp³-hybridized carbons (Fsp3) is 0.714. The van der Waals surface area contributed by atoms with Crippen LogP contribution in [0, 0.1) is 5.92 Å². The molecule has 2 atom stereocenters. The minimum atomic E-state index is 0.259. The molecular weight excluding hydrogens is 274 g/mol. The molecule has 0 bridgehead atoms. The number of aliphatic imine (C=N–C) groups is 1. The van der Waals surface area contributed by atoms with Gasteiger partial charge in [-0.2, -0.15) is 0 Å². The van der Waals surface area contributed by atoms with Crippen molar-refractivity contribution < 1.29 is 0 Å². The number of aryl methyl sites for hydroxylation is 1. The Morgan fingerprint density at radius 3 is 2.84 bits per heavy atom. The summed E-state index contributed by atoms with van der Waals surface area (Å²) in [5.74, 6) is 0.746. The van der Waals surface area contributed by atoms with E-state index in [0.717, 1.165) is 29.1 Å². The van der Waals surface area contributed by atoms with Crippen molar-refractivity contribution in [2.75, 3.05) is 6.54 Å². The summed E-state index contributed by atoms with van der Waals surface area (Å²) in [4.78, 5) is 10.4. The van der Waals surface area contributed by atoms with Gasteiger partial charge >= 0.3 is 0 Å². The largest absolute Gasteiger partial charge is 0.356 e. The van der Waals surface area contributed by atoms with Gasteiger partial charge in [0.15, 0.2) is 5.17 Å². The molecule has 106 valence electrons. The molecule has 19 heavy (non-hydrogen) atoms. The van der Waals surface area contributed by atoms with Crippen LogP contribution in [-0.4, -0.2) is 21.9 Å². The van der Waals surface area contributed by atoms with Crippen LogP contribution in [0.2, 0.25) is 0 Å². The molecule has 2 rings (SSSR count). The molecule has 0 saturated heterocycles. The van der Waals surface area contributed by atoms with E-state index in [2.05, 4.69) is 43.0 Å². The second kappa shape index (κ2) is 6.75. The van der Waals surface area contributed by atoms with Crippen LogP contribution in [0.4, 0.5) is 0 Å². The third-order valence-electron chi connectivity index (χ3n) is 3.08. The minimum Gasteiger partial charge on any atom is -0.356 e. The molecule has 0 radical (unpaired) electrons. The van der Waals surface area contributed by atoms with Gasteiger partial charge < -0.3 is 5.32 Å². The molecule has 1 aliphatic rings. The van der Waals surface area contributed by atoms with Crippen molar-refractivity contribution in [1.82, 2.24) is 10.3 Å². The van der Waals surface area contributed by atoms with Crippen LogP contribution in [0.5, 0.6) is 0 Å². The van der Waals surface area contributed by atoms with Crippen molar-refractivity contribution in [3.8, 4) is 0 Å². The third kappa shape index (κ3) is 4.21. The first-order valence-electron chi connectivity index (χ1n) is 7.00. The molecule has 0 saturated carbocycles. The molecule has 0 amide bonds. The lowest BCUT2D eigenvalue weighted by atomic mass is 10.1. The fourth-order valence-corrected chi connectivity index (χ4v) is 4.28.